The molecule has 0 unspecified atom stereocenters. The van der Waals surface area contributed by atoms with Crippen molar-refractivity contribution in [3.63, 3.8) is 0 Å². The van der Waals surface area contributed by atoms with Crippen LogP contribution < -0.4 is 4.74 Å². The van der Waals surface area contributed by atoms with Gasteiger partial charge in [-0.25, -0.2) is 0 Å². The van der Waals surface area contributed by atoms with Gasteiger partial charge in [-0.15, -0.1) is 0 Å². The average molecular weight is 583 g/mol. The molecule has 6 heteroatoms. The molecular weight excluding hydrogens is 542 g/mol. The van der Waals surface area contributed by atoms with Crippen molar-refractivity contribution in [3.8, 4) is 16.9 Å². The molecule has 0 bridgehead atoms. The second-order valence-electron chi connectivity index (χ2n) is 12.1. The van der Waals surface area contributed by atoms with Crippen LogP contribution in [0.5, 0.6) is 5.75 Å². The number of ether oxygens (including phenoxy) is 3. The van der Waals surface area contributed by atoms with Gasteiger partial charge in [-0.1, -0.05) is 28.9 Å². The van der Waals surface area contributed by atoms with Gasteiger partial charge in [0.15, 0.2) is 0 Å². The fraction of sp³-hybridized carbons (Fsp3) is 0.500. The third kappa shape index (κ3) is 6.23. The number of benzene rings is 2. The van der Waals surface area contributed by atoms with Gasteiger partial charge in [0.25, 0.3) is 0 Å². The number of aryl methyl sites for hydroxylation is 3. The van der Waals surface area contributed by atoms with Crippen molar-refractivity contribution in [1.82, 2.24) is 4.98 Å². The highest BCUT2D eigenvalue weighted by Crippen LogP contribution is 2.42. The van der Waals surface area contributed by atoms with Crippen LogP contribution in [-0.4, -0.2) is 29.8 Å². The minimum Gasteiger partial charge on any atom is -0.493 e. The van der Waals surface area contributed by atoms with E-state index in [4.69, 9.17) is 19.2 Å². The normalized spacial score (nSPS) is 14.7. The zero-order valence-electron chi connectivity index (χ0n) is 24.0. The van der Waals surface area contributed by atoms with Crippen LogP contribution >= 0.6 is 15.9 Å². The first-order valence-electron chi connectivity index (χ1n) is 13.5. The molecule has 0 N–H and O–H groups in total. The van der Waals surface area contributed by atoms with Crippen molar-refractivity contribution in [2.75, 3.05) is 13.2 Å². The Balaban J connectivity index is 1.99. The molecule has 2 heterocycles. The van der Waals surface area contributed by atoms with Crippen molar-refractivity contribution >= 4 is 32.8 Å². The smallest absolute Gasteiger partial charge is 0.311 e. The molecule has 0 saturated carbocycles. The molecule has 5 nitrogen and oxygen atoms in total. The predicted octanol–water partition coefficient (Wildman–Crippen LogP) is 8.31. The number of rotatable bonds is 6. The van der Waals surface area contributed by atoms with Crippen LogP contribution in [0.4, 0.5) is 0 Å². The zero-order chi connectivity index (χ0) is 27.8. The van der Waals surface area contributed by atoms with E-state index in [1.807, 2.05) is 48.5 Å². The largest absolute Gasteiger partial charge is 0.493 e. The lowest BCUT2D eigenvalue weighted by Crippen LogP contribution is -2.30. The summed E-state index contributed by atoms with van der Waals surface area (Å²) in [5.74, 6) is 0.698. The Morgan fingerprint density at radius 1 is 1.13 bits per heavy atom. The van der Waals surface area contributed by atoms with Crippen LogP contribution in [-0.2, 0) is 27.1 Å². The predicted molar refractivity (Wildman–Crippen MR) is 157 cm³/mol. The van der Waals surface area contributed by atoms with E-state index in [9.17, 15) is 4.79 Å². The quantitative estimate of drug-likeness (QED) is 0.274. The summed E-state index contributed by atoms with van der Waals surface area (Å²) in [5, 5.41) is 1.05. The highest BCUT2D eigenvalue weighted by Gasteiger charge is 2.31. The molecule has 2 aromatic carbocycles. The van der Waals surface area contributed by atoms with E-state index in [1.54, 1.807) is 0 Å². The standard InChI is InChI=1S/C32H40BrNO4/c1-9-20-16-23(33)17-24-28(22-12-13-25-21(15-22)11-10-14-36-25)27(19(2)34-29(20)24)26(38-32(6,7)8)18-37-30(35)31(3,4)5/h12-13,15-17,26H,9-11,14,18H2,1-8H3/t26-/m1/s1. The van der Waals surface area contributed by atoms with E-state index in [1.165, 1.54) is 11.1 Å². The Bertz CT molecular complexity index is 1350. The SMILES string of the molecule is CCc1cc(Br)cc2c(-c3ccc4c(c3)CCCO4)c([C@@H](COC(=O)C(C)(C)C)OC(C)(C)C)c(C)nc12. The molecule has 0 radical (unpaired) electrons. The summed E-state index contributed by atoms with van der Waals surface area (Å²) >= 11 is 3.74. The summed E-state index contributed by atoms with van der Waals surface area (Å²) in [5.41, 5.74) is 6.28. The number of esters is 1. The van der Waals surface area contributed by atoms with Gasteiger partial charge < -0.3 is 14.2 Å². The molecule has 1 aromatic heterocycles. The number of pyridine rings is 1. The fourth-order valence-corrected chi connectivity index (χ4v) is 5.50. The third-order valence-electron chi connectivity index (χ3n) is 6.74. The topological polar surface area (TPSA) is 57.7 Å². The molecular formula is C32H40BrNO4. The lowest BCUT2D eigenvalue weighted by molar-refractivity contribution is -0.162. The maximum atomic E-state index is 12.8. The highest BCUT2D eigenvalue weighted by molar-refractivity contribution is 9.10. The minimum atomic E-state index is -0.606. The first-order valence-corrected chi connectivity index (χ1v) is 14.3. The number of nitrogens with zero attached hydrogens (tertiary/aromatic N) is 1. The summed E-state index contributed by atoms with van der Waals surface area (Å²) in [4.78, 5) is 17.9. The second-order valence-corrected chi connectivity index (χ2v) is 13.1. The lowest BCUT2D eigenvalue weighted by Gasteiger charge is -2.31. The summed E-state index contributed by atoms with van der Waals surface area (Å²) in [6.45, 7) is 16.7. The Labute approximate surface area is 235 Å². The monoisotopic (exact) mass is 581 g/mol. The van der Waals surface area contributed by atoms with E-state index in [2.05, 4.69) is 53.2 Å². The number of carbonyl (C=O) groups is 1. The Morgan fingerprint density at radius 2 is 1.87 bits per heavy atom. The number of aromatic nitrogens is 1. The molecule has 1 atom stereocenters. The van der Waals surface area contributed by atoms with Gasteiger partial charge in [0.1, 0.15) is 18.5 Å². The first-order chi connectivity index (χ1) is 17.8. The molecule has 0 saturated heterocycles. The van der Waals surface area contributed by atoms with Gasteiger partial charge >= 0.3 is 5.97 Å². The van der Waals surface area contributed by atoms with Crippen molar-refractivity contribution in [1.29, 1.82) is 0 Å². The summed E-state index contributed by atoms with van der Waals surface area (Å²) in [7, 11) is 0. The molecule has 3 aromatic rings. The average Bonchev–Trinajstić information content (AvgIpc) is 2.84. The summed E-state index contributed by atoms with van der Waals surface area (Å²) in [6, 6.07) is 10.7. The van der Waals surface area contributed by atoms with Gasteiger partial charge in [0.05, 0.1) is 23.1 Å². The molecule has 204 valence electrons. The second kappa shape index (κ2) is 11.0. The minimum absolute atomic E-state index is 0.108. The van der Waals surface area contributed by atoms with E-state index in [0.29, 0.717) is 0 Å². The first kappa shape index (κ1) is 28.6. The van der Waals surface area contributed by atoms with Gasteiger partial charge in [0, 0.05) is 21.1 Å². The third-order valence-corrected chi connectivity index (χ3v) is 7.19. The maximum Gasteiger partial charge on any atom is 0.311 e. The highest BCUT2D eigenvalue weighted by atomic mass is 79.9. The lowest BCUT2D eigenvalue weighted by atomic mass is 9.88. The van der Waals surface area contributed by atoms with E-state index >= 15 is 0 Å². The van der Waals surface area contributed by atoms with Crippen LogP contribution in [0, 0.1) is 12.3 Å². The van der Waals surface area contributed by atoms with Crippen molar-refractivity contribution in [3.05, 3.63) is 57.2 Å². The molecule has 38 heavy (non-hydrogen) atoms. The number of halogens is 1. The van der Waals surface area contributed by atoms with Crippen LogP contribution in [0.15, 0.2) is 34.8 Å². The molecule has 0 spiro atoms. The van der Waals surface area contributed by atoms with Gasteiger partial charge in [0.2, 0.25) is 0 Å². The van der Waals surface area contributed by atoms with Gasteiger partial charge in [-0.3, -0.25) is 9.78 Å². The number of hydrogen-bond acceptors (Lipinski definition) is 5. The zero-order valence-corrected chi connectivity index (χ0v) is 25.5. The molecule has 0 amide bonds. The van der Waals surface area contributed by atoms with Crippen LogP contribution in [0.2, 0.25) is 0 Å². The number of fused-ring (bicyclic) bond motifs is 2. The van der Waals surface area contributed by atoms with E-state index in [0.717, 1.165) is 69.4 Å². The Morgan fingerprint density at radius 3 is 2.53 bits per heavy atom. The Kier molecular flexibility index (Phi) is 8.25. The Hall–Kier alpha value is -2.44. The molecule has 0 aliphatic carbocycles. The molecule has 1 aliphatic rings. The van der Waals surface area contributed by atoms with E-state index < -0.39 is 17.1 Å². The maximum absolute atomic E-state index is 12.8. The van der Waals surface area contributed by atoms with Crippen LogP contribution in [0.3, 0.4) is 0 Å². The molecule has 4 rings (SSSR count). The molecule has 1 aliphatic heterocycles. The van der Waals surface area contributed by atoms with Gasteiger partial charge in [-0.2, -0.15) is 0 Å². The fourth-order valence-electron chi connectivity index (χ4n) is 4.99. The van der Waals surface area contributed by atoms with Crippen LogP contribution in [0.1, 0.15) is 83.4 Å². The van der Waals surface area contributed by atoms with Crippen molar-refractivity contribution in [2.45, 2.75) is 86.4 Å². The van der Waals surface area contributed by atoms with Crippen LogP contribution in [0.25, 0.3) is 22.0 Å². The number of carbonyl (C=O) groups excluding carboxylic acids is 1. The van der Waals surface area contributed by atoms with E-state index in [-0.39, 0.29) is 12.6 Å². The number of hydrogen-bond donors (Lipinski definition) is 0. The van der Waals surface area contributed by atoms with Gasteiger partial charge in [-0.05, 0) is 114 Å². The summed E-state index contributed by atoms with van der Waals surface area (Å²) < 4.78 is 19.4. The summed E-state index contributed by atoms with van der Waals surface area (Å²) in [6.07, 6.45) is 2.35. The van der Waals surface area contributed by atoms with Crippen molar-refractivity contribution in [2.24, 2.45) is 5.41 Å². The van der Waals surface area contributed by atoms with Crippen molar-refractivity contribution < 1.29 is 19.0 Å². The molecule has 0 fully saturated rings.